The second kappa shape index (κ2) is 7.79. The van der Waals surface area contributed by atoms with Gasteiger partial charge in [0.15, 0.2) is 5.11 Å². The van der Waals surface area contributed by atoms with E-state index in [9.17, 15) is 0 Å². The van der Waals surface area contributed by atoms with E-state index in [0.29, 0.717) is 22.0 Å². The molecular formula is C22H27Cl2N3S. The molecule has 3 heterocycles. The van der Waals surface area contributed by atoms with E-state index >= 15 is 0 Å². The van der Waals surface area contributed by atoms with Crippen molar-refractivity contribution in [3.63, 3.8) is 0 Å². The van der Waals surface area contributed by atoms with E-state index in [0.717, 1.165) is 29.3 Å². The predicted octanol–water partition coefficient (Wildman–Crippen LogP) is 5.59. The molecule has 150 valence electrons. The molecule has 0 saturated carbocycles. The first-order valence-electron chi connectivity index (χ1n) is 10.6. The van der Waals surface area contributed by atoms with Crippen LogP contribution in [0.5, 0.6) is 0 Å². The summed E-state index contributed by atoms with van der Waals surface area (Å²) >= 11 is 18.2. The van der Waals surface area contributed by atoms with Gasteiger partial charge in [-0.2, -0.15) is 0 Å². The van der Waals surface area contributed by atoms with Gasteiger partial charge in [-0.25, -0.2) is 0 Å². The second-order valence-corrected chi connectivity index (χ2v) is 10.0. The summed E-state index contributed by atoms with van der Waals surface area (Å²) < 4.78 is 0. The first-order valence-corrected chi connectivity index (χ1v) is 11.7. The number of thiocarbonyl (C=S) groups is 1. The molecule has 28 heavy (non-hydrogen) atoms. The van der Waals surface area contributed by atoms with Gasteiger partial charge in [0, 0.05) is 34.9 Å². The molecule has 3 fully saturated rings. The normalized spacial score (nSPS) is 32.2. The van der Waals surface area contributed by atoms with Gasteiger partial charge in [0.05, 0.1) is 6.04 Å². The fourth-order valence-electron chi connectivity index (χ4n) is 6.02. The summed E-state index contributed by atoms with van der Waals surface area (Å²) in [7, 11) is 0. The highest BCUT2D eigenvalue weighted by atomic mass is 35.5. The zero-order valence-corrected chi connectivity index (χ0v) is 18.4. The summed E-state index contributed by atoms with van der Waals surface area (Å²) in [5, 5.41) is 5.46. The van der Waals surface area contributed by atoms with Crippen molar-refractivity contribution in [1.82, 2.24) is 9.80 Å². The highest BCUT2D eigenvalue weighted by Gasteiger charge is 2.46. The third-order valence-electron chi connectivity index (χ3n) is 7.03. The fraction of sp³-hybridized carbons (Fsp3) is 0.591. The Hall–Kier alpha value is -0.810. The van der Waals surface area contributed by atoms with E-state index in [-0.39, 0.29) is 0 Å². The van der Waals surface area contributed by atoms with Crippen molar-refractivity contribution in [2.24, 2.45) is 11.8 Å². The van der Waals surface area contributed by atoms with Crippen molar-refractivity contribution in [2.75, 3.05) is 25.0 Å². The van der Waals surface area contributed by atoms with Gasteiger partial charge in [-0.05, 0) is 80.9 Å². The smallest absolute Gasteiger partial charge is 0.173 e. The summed E-state index contributed by atoms with van der Waals surface area (Å²) in [6, 6.07) is 6.75. The Morgan fingerprint density at radius 2 is 1.89 bits per heavy atom. The van der Waals surface area contributed by atoms with Gasteiger partial charge in [-0.1, -0.05) is 41.3 Å². The van der Waals surface area contributed by atoms with Crippen molar-refractivity contribution in [2.45, 2.75) is 50.6 Å². The van der Waals surface area contributed by atoms with Crippen LogP contribution < -0.4 is 5.32 Å². The lowest BCUT2D eigenvalue weighted by Crippen LogP contribution is -2.60. The van der Waals surface area contributed by atoms with Crippen LogP contribution in [-0.4, -0.2) is 46.6 Å². The second-order valence-electron chi connectivity index (χ2n) is 8.79. The Morgan fingerprint density at radius 1 is 1.07 bits per heavy atom. The zero-order valence-electron chi connectivity index (χ0n) is 16.0. The lowest BCUT2D eigenvalue weighted by atomic mass is 9.68. The van der Waals surface area contributed by atoms with Crippen molar-refractivity contribution in [3.05, 3.63) is 39.9 Å². The average Bonchev–Trinajstić information content (AvgIpc) is 2.67. The van der Waals surface area contributed by atoms with Crippen molar-refractivity contribution in [1.29, 1.82) is 0 Å². The molecular weight excluding hydrogens is 409 g/mol. The molecule has 0 aromatic heterocycles. The van der Waals surface area contributed by atoms with Crippen LogP contribution in [-0.2, 0) is 0 Å². The summed E-state index contributed by atoms with van der Waals surface area (Å²) in [4.78, 5) is 5.21. The number of piperidine rings is 3. The Morgan fingerprint density at radius 3 is 2.71 bits per heavy atom. The number of likely N-dealkylation sites (tertiary alicyclic amines) is 1. The van der Waals surface area contributed by atoms with Crippen LogP contribution in [0.3, 0.4) is 0 Å². The standard InChI is InChI=1S/C22H27Cl2N3S/c23-17-10-18(24)12-19(11-17)25-22(28)27-7-3-4-14-8-15-9-16(21(14)27)13-26-6-2-1-5-20(15)26/h8,10-12,15-16,20-21H,1-7,9,13H2,(H,25,28). The molecule has 2 bridgehead atoms. The lowest BCUT2D eigenvalue weighted by Gasteiger charge is -2.55. The maximum Gasteiger partial charge on any atom is 0.173 e. The molecule has 3 aliphatic heterocycles. The van der Waals surface area contributed by atoms with Crippen molar-refractivity contribution < 1.29 is 0 Å². The molecule has 1 aromatic rings. The van der Waals surface area contributed by atoms with E-state index in [1.54, 1.807) is 11.6 Å². The number of hydrogen-bond donors (Lipinski definition) is 1. The Balaban J connectivity index is 1.39. The largest absolute Gasteiger partial charge is 0.342 e. The quantitative estimate of drug-likeness (QED) is 0.457. The zero-order chi connectivity index (χ0) is 19.3. The fourth-order valence-corrected chi connectivity index (χ4v) is 6.87. The minimum Gasteiger partial charge on any atom is -0.342 e. The molecule has 4 unspecified atom stereocenters. The van der Waals surface area contributed by atoms with E-state index in [2.05, 4.69) is 21.2 Å². The highest BCUT2D eigenvalue weighted by molar-refractivity contribution is 7.80. The molecule has 5 rings (SSSR count). The maximum atomic E-state index is 6.17. The van der Waals surface area contributed by atoms with Gasteiger partial charge in [0.2, 0.25) is 0 Å². The van der Waals surface area contributed by atoms with Crippen LogP contribution in [0.25, 0.3) is 0 Å². The SMILES string of the molecule is S=C(Nc1cc(Cl)cc(Cl)c1)N1CCCC2=CC3CC(CN4CCCCC34)C21. The Bertz CT molecular complexity index is 791. The molecule has 4 aliphatic rings. The van der Waals surface area contributed by atoms with Crippen LogP contribution in [0, 0.1) is 11.8 Å². The summed E-state index contributed by atoms with van der Waals surface area (Å²) in [6.07, 6.45) is 10.5. The van der Waals surface area contributed by atoms with Gasteiger partial charge >= 0.3 is 0 Å². The van der Waals surface area contributed by atoms with Gasteiger partial charge < -0.3 is 10.2 Å². The van der Waals surface area contributed by atoms with Crippen LogP contribution in [0.4, 0.5) is 5.69 Å². The van der Waals surface area contributed by atoms with Crippen LogP contribution >= 0.6 is 35.4 Å². The van der Waals surface area contributed by atoms with E-state index < -0.39 is 0 Å². The maximum absolute atomic E-state index is 6.17. The lowest BCUT2D eigenvalue weighted by molar-refractivity contribution is 0.0132. The number of nitrogens with one attached hydrogen (secondary N) is 1. The Kier molecular flexibility index (Phi) is 5.33. The number of hydrogen-bond acceptors (Lipinski definition) is 2. The summed E-state index contributed by atoms with van der Waals surface area (Å²) in [5.74, 6) is 1.43. The topological polar surface area (TPSA) is 18.5 Å². The number of halogens is 2. The first kappa shape index (κ1) is 19.2. The van der Waals surface area contributed by atoms with E-state index in [1.165, 1.54) is 51.6 Å². The molecule has 3 nitrogen and oxygen atoms in total. The number of rotatable bonds is 1. The van der Waals surface area contributed by atoms with Gasteiger partial charge in [-0.15, -0.1) is 0 Å². The van der Waals surface area contributed by atoms with Crippen LogP contribution in [0.1, 0.15) is 38.5 Å². The third-order valence-corrected chi connectivity index (χ3v) is 7.80. The molecule has 0 spiro atoms. The Labute approximate surface area is 183 Å². The van der Waals surface area contributed by atoms with Crippen LogP contribution in [0.15, 0.2) is 29.8 Å². The third kappa shape index (κ3) is 3.58. The minimum atomic E-state index is 0.447. The molecule has 4 atom stereocenters. The molecule has 1 aliphatic carbocycles. The van der Waals surface area contributed by atoms with Crippen molar-refractivity contribution >= 4 is 46.2 Å². The minimum absolute atomic E-state index is 0.447. The van der Waals surface area contributed by atoms with Crippen molar-refractivity contribution in [3.8, 4) is 0 Å². The number of benzene rings is 1. The van der Waals surface area contributed by atoms with Crippen LogP contribution in [0.2, 0.25) is 10.0 Å². The molecule has 6 heteroatoms. The highest BCUT2D eigenvalue weighted by Crippen LogP contribution is 2.45. The van der Waals surface area contributed by atoms with E-state index in [4.69, 9.17) is 35.4 Å². The monoisotopic (exact) mass is 435 g/mol. The molecule has 3 saturated heterocycles. The van der Waals surface area contributed by atoms with Gasteiger partial charge in [-0.3, -0.25) is 4.90 Å². The summed E-state index contributed by atoms with van der Waals surface area (Å²) in [6.45, 7) is 3.52. The van der Waals surface area contributed by atoms with Gasteiger partial charge in [0.1, 0.15) is 0 Å². The molecule has 0 radical (unpaired) electrons. The van der Waals surface area contributed by atoms with Gasteiger partial charge in [0.25, 0.3) is 0 Å². The first-order chi connectivity index (χ1) is 13.6. The average molecular weight is 436 g/mol. The molecule has 1 N–H and O–H groups in total. The number of nitrogens with zero attached hydrogens (tertiary/aromatic N) is 2. The molecule has 1 aromatic carbocycles. The summed E-state index contributed by atoms with van der Waals surface area (Å²) in [5.41, 5.74) is 2.50. The molecule has 0 amide bonds. The van der Waals surface area contributed by atoms with E-state index in [1.807, 2.05) is 12.1 Å². The number of anilines is 1. The number of fused-ring (bicyclic) bond motifs is 6. The predicted molar refractivity (Wildman–Crippen MR) is 121 cm³/mol.